The van der Waals surface area contributed by atoms with E-state index in [2.05, 4.69) is 5.32 Å². The second-order valence-corrected chi connectivity index (χ2v) is 6.30. The van der Waals surface area contributed by atoms with Crippen LogP contribution in [0.15, 0.2) is 0 Å². The van der Waals surface area contributed by atoms with Crippen LogP contribution in [-0.2, 0) is 9.59 Å². The molecule has 2 rings (SSSR count). The van der Waals surface area contributed by atoms with Crippen LogP contribution >= 0.6 is 11.6 Å². The third-order valence-corrected chi connectivity index (χ3v) is 4.69. The molecule has 102 valence electrons. The summed E-state index contributed by atoms with van der Waals surface area (Å²) in [7, 11) is 0. The molecule has 4 nitrogen and oxygen atoms in total. The van der Waals surface area contributed by atoms with E-state index < -0.39 is 5.41 Å². The first-order valence-corrected chi connectivity index (χ1v) is 7.12. The van der Waals surface area contributed by atoms with E-state index in [0.29, 0.717) is 18.2 Å². The Morgan fingerprint density at radius 2 is 2.22 bits per heavy atom. The number of hydrogen-bond acceptors (Lipinski definition) is 2. The third-order valence-electron chi connectivity index (χ3n) is 4.02. The van der Waals surface area contributed by atoms with Gasteiger partial charge < -0.3 is 10.2 Å². The number of carbonyl (C=O) groups excluding carboxylic acids is 2. The molecule has 1 N–H and O–H groups in total. The van der Waals surface area contributed by atoms with Crippen LogP contribution in [0.5, 0.6) is 0 Å². The van der Waals surface area contributed by atoms with Crippen molar-refractivity contribution < 1.29 is 9.59 Å². The minimum Gasteiger partial charge on any atom is -0.353 e. The van der Waals surface area contributed by atoms with Gasteiger partial charge in [-0.2, -0.15) is 0 Å². The van der Waals surface area contributed by atoms with Gasteiger partial charge in [0, 0.05) is 31.4 Å². The molecule has 0 aromatic rings. The summed E-state index contributed by atoms with van der Waals surface area (Å²) in [6.45, 7) is 5.25. The van der Waals surface area contributed by atoms with Gasteiger partial charge in [-0.25, -0.2) is 0 Å². The number of piperidine rings is 2. The molecule has 0 radical (unpaired) electrons. The molecule has 2 aliphatic rings. The van der Waals surface area contributed by atoms with Gasteiger partial charge >= 0.3 is 0 Å². The number of carbonyl (C=O) groups is 2. The molecule has 2 fully saturated rings. The van der Waals surface area contributed by atoms with Gasteiger partial charge in [0.25, 0.3) is 0 Å². The van der Waals surface area contributed by atoms with Crippen LogP contribution in [0.1, 0.15) is 33.1 Å². The van der Waals surface area contributed by atoms with Gasteiger partial charge in [-0.15, -0.1) is 11.6 Å². The molecule has 2 amide bonds. The van der Waals surface area contributed by atoms with Crippen molar-refractivity contribution in [1.29, 1.82) is 0 Å². The van der Waals surface area contributed by atoms with Crippen LogP contribution in [0.2, 0.25) is 0 Å². The molecule has 0 aromatic carbocycles. The van der Waals surface area contributed by atoms with E-state index in [1.165, 1.54) is 0 Å². The molecule has 5 heteroatoms. The number of fused-ring (bicyclic) bond motifs is 1. The molecule has 2 aliphatic heterocycles. The van der Waals surface area contributed by atoms with Crippen molar-refractivity contribution in [1.82, 2.24) is 10.2 Å². The summed E-state index contributed by atoms with van der Waals surface area (Å²) in [6.07, 6.45) is 2.34. The first-order chi connectivity index (χ1) is 8.44. The largest absolute Gasteiger partial charge is 0.353 e. The van der Waals surface area contributed by atoms with Crippen LogP contribution in [0.4, 0.5) is 0 Å². The topological polar surface area (TPSA) is 49.4 Å². The zero-order valence-electron chi connectivity index (χ0n) is 11.0. The van der Waals surface area contributed by atoms with Gasteiger partial charge in [-0.3, -0.25) is 9.59 Å². The Kier molecular flexibility index (Phi) is 3.85. The molecule has 2 saturated heterocycles. The Bertz CT molecular complexity index is 357. The minimum atomic E-state index is -0.494. The van der Waals surface area contributed by atoms with Crippen molar-refractivity contribution in [3.05, 3.63) is 0 Å². The van der Waals surface area contributed by atoms with E-state index in [9.17, 15) is 9.59 Å². The molecule has 0 aromatic heterocycles. The molecular formula is C13H21ClN2O2. The highest BCUT2D eigenvalue weighted by atomic mass is 35.5. The van der Waals surface area contributed by atoms with E-state index in [0.717, 1.165) is 25.9 Å². The number of halogens is 1. The fourth-order valence-electron chi connectivity index (χ4n) is 2.78. The Labute approximate surface area is 113 Å². The maximum atomic E-state index is 12.3. The number of likely N-dealkylation sites (tertiary alicyclic amines) is 1. The first-order valence-electron chi connectivity index (χ1n) is 6.59. The number of rotatable bonds is 2. The average Bonchev–Trinajstić information content (AvgIpc) is 2.37. The molecule has 0 aliphatic carbocycles. The maximum absolute atomic E-state index is 12.3. The molecule has 18 heavy (non-hydrogen) atoms. The van der Waals surface area contributed by atoms with Gasteiger partial charge in [0.2, 0.25) is 11.8 Å². The van der Waals surface area contributed by atoms with E-state index in [1.54, 1.807) is 0 Å². The smallest absolute Gasteiger partial charge is 0.229 e. The molecule has 2 atom stereocenters. The van der Waals surface area contributed by atoms with Crippen molar-refractivity contribution in [3.63, 3.8) is 0 Å². The van der Waals surface area contributed by atoms with E-state index in [4.69, 9.17) is 11.6 Å². The summed E-state index contributed by atoms with van der Waals surface area (Å²) >= 11 is 5.86. The Morgan fingerprint density at radius 1 is 1.50 bits per heavy atom. The highest BCUT2D eigenvalue weighted by molar-refractivity contribution is 6.19. The number of nitrogens with zero attached hydrogens (tertiary/aromatic N) is 1. The lowest BCUT2D eigenvalue weighted by Gasteiger charge is -2.43. The zero-order chi connectivity index (χ0) is 13.3. The van der Waals surface area contributed by atoms with Gasteiger partial charge in [-0.1, -0.05) is 0 Å². The lowest BCUT2D eigenvalue weighted by Crippen LogP contribution is -2.56. The Hall–Kier alpha value is -0.770. The standard InChI is InChI=1S/C13H21ClN2O2/c1-13(2,8-14)12(18)16-6-5-10-9(7-16)3-4-11(17)15-10/h9-10H,3-8H2,1-2H3,(H,15,17). The quantitative estimate of drug-likeness (QED) is 0.772. The molecule has 0 bridgehead atoms. The monoisotopic (exact) mass is 272 g/mol. The lowest BCUT2D eigenvalue weighted by atomic mass is 9.83. The number of alkyl halides is 1. The fourth-order valence-corrected chi connectivity index (χ4v) is 2.89. The van der Waals surface area contributed by atoms with Crippen molar-refractivity contribution in [3.8, 4) is 0 Å². The Balaban J connectivity index is 1.99. The van der Waals surface area contributed by atoms with Crippen LogP contribution in [0, 0.1) is 11.3 Å². The van der Waals surface area contributed by atoms with Crippen LogP contribution in [0.3, 0.4) is 0 Å². The highest BCUT2D eigenvalue weighted by Gasteiger charge is 2.39. The summed E-state index contributed by atoms with van der Waals surface area (Å²) < 4.78 is 0. The molecule has 0 saturated carbocycles. The van der Waals surface area contributed by atoms with Gasteiger partial charge in [-0.05, 0) is 32.6 Å². The number of amides is 2. The predicted octanol–water partition coefficient (Wildman–Crippen LogP) is 1.38. The minimum absolute atomic E-state index is 0.132. The van der Waals surface area contributed by atoms with Gasteiger partial charge in [0.1, 0.15) is 0 Å². The second-order valence-electron chi connectivity index (χ2n) is 6.03. The third kappa shape index (κ3) is 2.63. The maximum Gasteiger partial charge on any atom is 0.229 e. The average molecular weight is 273 g/mol. The summed E-state index contributed by atoms with van der Waals surface area (Å²) in [4.78, 5) is 25.6. The van der Waals surface area contributed by atoms with Crippen molar-refractivity contribution >= 4 is 23.4 Å². The summed E-state index contributed by atoms with van der Waals surface area (Å²) in [5.74, 6) is 1.03. The second kappa shape index (κ2) is 5.08. The number of nitrogens with one attached hydrogen (secondary N) is 1. The van der Waals surface area contributed by atoms with Crippen molar-refractivity contribution in [2.45, 2.75) is 39.2 Å². The molecule has 0 spiro atoms. The predicted molar refractivity (Wildman–Crippen MR) is 70.4 cm³/mol. The zero-order valence-corrected chi connectivity index (χ0v) is 11.8. The van der Waals surface area contributed by atoms with Crippen LogP contribution in [0.25, 0.3) is 0 Å². The molecule has 2 unspecified atom stereocenters. The Morgan fingerprint density at radius 3 is 2.89 bits per heavy atom. The van der Waals surface area contributed by atoms with Crippen molar-refractivity contribution in [2.24, 2.45) is 11.3 Å². The van der Waals surface area contributed by atoms with Crippen LogP contribution < -0.4 is 5.32 Å². The summed E-state index contributed by atoms with van der Waals surface area (Å²) in [5.41, 5.74) is -0.494. The lowest BCUT2D eigenvalue weighted by molar-refractivity contribution is -0.142. The summed E-state index contributed by atoms with van der Waals surface area (Å²) in [5, 5.41) is 3.03. The van der Waals surface area contributed by atoms with E-state index in [-0.39, 0.29) is 17.9 Å². The van der Waals surface area contributed by atoms with Gasteiger partial charge in [0.05, 0.1) is 5.41 Å². The normalized spacial score (nSPS) is 28.6. The molecular weight excluding hydrogens is 252 g/mol. The van der Waals surface area contributed by atoms with Crippen LogP contribution in [-0.4, -0.2) is 41.7 Å². The number of hydrogen-bond donors (Lipinski definition) is 1. The summed E-state index contributed by atoms with van der Waals surface area (Å²) in [6, 6.07) is 0.259. The first kappa shape index (κ1) is 13.7. The highest BCUT2D eigenvalue weighted by Crippen LogP contribution is 2.29. The fraction of sp³-hybridized carbons (Fsp3) is 0.846. The molecule has 2 heterocycles. The van der Waals surface area contributed by atoms with Crippen molar-refractivity contribution in [2.75, 3.05) is 19.0 Å². The van der Waals surface area contributed by atoms with Gasteiger partial charge in [0.15, 0.2) is 0 Å². The van der Waals surface area contributed by atoms with E-state index in [1.807, 2.05) is 18.7 Å². The SMILES string of the molecule is CC(C)(CCl)C(=O)N1CCC2NC(=O)CCC2C1. The van der Waals surface area contributed by atoms with E-state index >= 15 is 0 Å².